The van der Waals surface area contributed by atoms with Crippen LogP contribution in [0, 0.1) is 0 Å². The van der Waals surface area contributed by atoms with Gasteiger partial charge in [-0.15, -0.1) is 0 Å². The van der Waals surface area contributed by atoms with Crippen molar-refractivity contribution in [3.8, 4) is 0 Å². The summed E-state index contributed by atoms with van der Waals surface area (Å²) < 4.78 is -0.455. The minimum Gasteiger partial charge on any atom is -0.510 e. The Bertz CT molecular complexity index is 479. The Balaban J connectivity index is 2.34. The molecule has 0 aliphatic carbocycles. The predicted molar refractivity (Wildman–Crippen MR) is 75.7 cm³/mol. The van der Waals surface area contributed by atoms with Crippen molar-refractivity contribution >= 4 is 16.9 Å². The van der Waals surface area contributed by atoms with Crippen LogP contribution in [-0.4, -0.2) is 15.0 Å². The lowest BCUT2D eigenvalue weighted by Gasteiger charge is -2.26. The second-order valence-corrected chi connectivity index (χ2v) is 5.94. The van der Waals surface area contributed by atoms with Gasteiger partial charge in [0.2, 0.25) is 5.12 Å². The highest BCUT2D eigenvalue weighted by atomic mass is 32.2. The average Bonchev–Trinajstić information content (AvgIpc) is 2.62. The Morgan fingerprint density at radius 2 is 1.89 bits per heavy atom. The first-order valence-corrected chi connectivity index (χ1v) is 7.14. The molecule has 2 nitrogen and oxygen atoms in total. The van der Waals surface area contributed by atoms with E-state index in [9.17, 15) is 9.90 Å². The molecule has 3 heteroatoms. The molecule has 0 spiro atoms. The Morgan fingerprint density at radius 1 is 1.22 bits per heavy atom. The van der Waals surface area contributed by atoms with Crippen molar-refractivity contribution in [3.05, 3.63) is 47.2 Å². The fraction of sp³-hybridized carbons (Fsp3) is 0.400. The Morgan fingerprint density at radius 3 is 2.39 bits per heavy atom. The molecule has 0 saturated heterocycles. The van der Waals surface area contributed by atoms with Gasteiger partial charge >= 0.3 is 0 Å². The molecule has 18 heavy (non-hydrogen) atoms. The highest BCUT2D eigenvalue weighted by Gasteiger charge is 2.45. The molecular weight excluding hydrogens is 244 g/mol. The average molecular weight is 262 g/mol. The zero-order valence-electron chi connectivity index (χ0n) is 10.8. The molecule has 1 atom stereocenters. The summed E-state index contributed by atoms with van der Waals surface area (Å²) in [5, 5.41) is 10.4. The van der Waals surface area contributed by atoms with E-state index in [-0.39, 0.29) is 5.12 Å². The van der Waals surface area contributed by atoms with Gasteiger partial charge in [0.05, 0.1) is 4.75 Å². The molecule has 0 fully saturated rings. The SMILES string of the molecule is CCC1=C(O)C(CC)(Cc2ccccc2)SC1=O. The number of aliphatic hydroxyl groups excluding tert-OH is 1. The number of carbonyl (C=O) groups excluding carboxylic acids is 1. The predicted octanol–water partition coefficient (Wildman–Crippen LogP) is 3.87. The van der Waals surface area contributed by atoms with Gasteiger partial charge in [-0.05, 0) is 24.8 Å². The van der Waals surface area contributed by atoms with Gasteiger partial charge in [-0.1, -0.05) is 55.9 Å². The standard InChI is InChI=1S/C15H18O2S/c1-3-12-13(16)15(4-2,18-14(12)17)10-11-8-6-5-7-9-11/h5-9,16H,3-4,10H2,1-2H3. The van der Waals surface area contributed by atoms with Crippen molar-refractivity contribution in [2.45, 2.75) is 37.9 Å². The van der Waals surface area contributed by atoms with Crippen LogP contribution in [0.25, 0.3) is 0 Å². The summed E-state index contributed by atoms with van der Waals surface area (Å²) in [6.07, 6.45) is 2.07. The highest BCUT2D eigenvalue weighted by Crippen LogP contribution is 2.47. The maximum Gasteiger partial charge on any atom is 0.219 e. The normalized spacial score (nSPS) is 23.8. The highest BCUT2D eigenvalue weighted by molar-refractivity contribution is 8.15. The topological polar surface area (TPSA) is 37.3 Å². The van der Waals surface area contributed by atoms with Gasteiger partial charge in [0.15, 0.2) is 0 Å². The molecule has 1 unspecified atom stereocenters. The molecule has 1 heterocycles. The van der Waals surface area contributed by atoms with Gasteiger partial charge in [0, 0.05) is 5.57 Å². The molecule has 0 amide bonds. The van der Waals surface area contributed by atoms with Crippen LogP contribution < -0.4 is 0 Å². The van der Waals surface area contributed by atoms with E-state index < -0.39 is 4.75 Å². The molecule has 1 N–H and O–H groups in total. The van der Waals surface area contributed by atoms with Crippen LogP contribution in [-0.2, 0) is 11.2 Å². The Labute approximate surface area is 112 Å². The van der Waals surface area contributed by atoms with Crippen LogP contribution in [0.3, 0.4) is 0 Å². The molecule has 0 bridgehead atoms. The molecular formula is C15H18O2S. The summed E-state index contributed by atoms with van der Waals surface area (Å²) in [5.41, 5.74) is 1.75. The molecule has 1 aliphatic rings. The zero-order chi connectivity index (χ0) is 13.2. The van der Waals surface area contributed by atoms with Gasteiger partial charge < -0.3 is 5.11 Å². The molecule has 0 saturated carbocycles. The fourth-order valence-electron chi connectivity index (χ4n) is 2.38. The molecule has 96 valence electrons. The Hall–Kier alpha value is -1.22. The molecule has 0 radical (unpaired) electrons. The van der Waals surface area contributed by atoms with Crippen molar-refractivity contribution in [3.63, 3.8) is 0 Å². The molecule has 1 aliphatic heterocycles. The van der Waals surface area contributed by atoms with Crippen LogP contribution in [0.2, 0.25) is 0 Å². The zero-order valence-corrected chi connectivity index (χ0v) is 11.6. The first-order valence-electron chi connectivity index (χ1n) is 6.33. The van der Waals surface area contributed by atoms with E-state index >= 15 is 0 Å². The van der Waals surface area contributed by atoms with Crippen molar-refractivity contribution in [2.75, 3.05) is 0 Å². The van der Waals surface area contributed by atoms with E-state index in [1.165, 1.54) is 11.8 Å². The lowest BCUT2D eigenvalue weighted by atomic mass is 9.91. The molecule has 1 aromatic rings. The van der Waals surface area contributed by atoms with E-state index in [1.807, 2.05) is 44.2 Å². The summed E-state index contributed by atoms with van der Waals surface area (Å²) in [6.45, 7) is 3.94. The van der Waals surface area contributed by atoms with E-state index in [0.29, 0.717) is 24.2 Å². The number of carbonyl (C=O) groups is 1. The number of benzene rings is 1. The monoisotopic (exact) mass is 262 g/mol. The first kappa shape index (κ1) is 13.2. The van der Waals surface area contributed by atoms with Crippen molar-refractivity contribution in [2.24, 2.45) is 0 Å². The van der Waals surface area contributed by atoms with Crippen LogP contribution in [0.5, 0.6) is 0 Å². The van der Waals surface area contributed by atoms with E-state index in [1.54, 1.807) is 0 Å². The van der Waals surface area contributed by atoms with Gasteiger partial charge in [0.25, 0.3) is 0 Å². The number of hydrogen-bond acceptors (Lipinski definition) is 3. The van der Waals surface area contributed by atoms with Gasteiger partial charge in [-0.2, -0.15) is 0 Å². The largest absolute Gasteiger partial charge is 0.510 e. The summed E-state index contributed by atoms with van der Waals surface area (Å²) >= 11 is 1.29. The van der Waals surface area contributed by atoms with Crippen molar-refractivity contribution < 1.29 is 9.90 Å². The van der Waals surface area contributed by atoms with Crippen LogP contribution in [0.15, 0.2) is 41.7 Å². The van der Waals surface area contributed by atoms with Gasteiger partial charge in [-0.3, -0.25) is 4.79 Å². The van der Waals surface area contributed by atoms with Crippen molar-refractivity contribution in [1.29, 1.82) is 0 Å². The van der Waals surface area contributed by atoms with Crippen LogP contribution in [0.4, 0.5) is 0 Å². The second kappa shape index (κ2) is 5.19. The molecule has 0 aromatic heterocycles. The number of rotatable bonds is 4. The lowest BCUT2D eigenvalue weighted by Crippen LogP contribution is -2.27. The summed E-state index contributed by atoms with van der Waals surface area (Å²) in [4.78, 5) is 11.9. The first-order chi connectivity index (χ1) is 8.63. The lowest BCUT2D eigenvalue weighted by molar-refractivity contribution is -0.107. The molecule has 1 aromatic carbocycles. The van der Waals surface area contributed by atoms with E-state index in [0.717, 1.165) is 12.0 Å². The smallest absolute Gasteiger partial charge is 0.219 e. The third-order valence-corrected chi connectivity index (χ3v) is 4.96. The van der Waals surface area contributed by atoms with Crippen LogP contribution >= 0.6 is 11.8 Å². The van der Waals surface area contributed by atoms with Gasteiger partial charge in [0.1, 0.15) is 5.76 Å². The van der Waals surface area contributed by atoms with Crippen molar-refractivity contribution in [1.82, 2.24) is 0 Å². The maximum atomic E-state index is 11.9. The quantitative estimate of drug-likeness (QED) is 0.895. The number of aliphatic hydroxyl groups is 1. The maximum absolute atomic E-state index is 11.9. The minimum atomic E-state index is -0.455. The number of thioether (sulfide) groups is 1. The second-order valence-electron chi connectivity index (χ2n) is 4.58. The fourth-order valence-corrected chi connectivity index (χ4v) is 3.70. The van der Waals surface area contributed by atoms with E-state index in [4.69, 9.17) is 0 Å². The summed E-state index contributed by atoms with van der Waals surface area (Å²) in [5.74, 6) is 0.298. The third kappa shape index (κ3) is 2.19. The molecule has 2 rings (SSSR count). The number of hydrogen-bond donors (Lipinski definition) is 1. The summed E-state index contributed by atoms with van der Waals surface area (Å²) in [6, 6.07) is 10.0. The Kier molecular flexibility index (Phi) is 3.81. The third-order valence-electron chi connectivity index (χ3n) is 3.51. The minimum absolute atomic E-state index is 0.0350. The van der Waals surface area contributed by atoms with Crippen LogP contribution in [0.1, 0.15) is 32.3 Å². The summed E-state index contributed by atoms with van der Waals surface area (Å²) in [7, 11) is 0. The van der Waals surface area contributed by atoms with Gasteiger partial charge in [-0.25, -0.2) is 0 Å². The van der Waals surface area contributed by atoms with E-state index in [2.05, 4.69) is 0 Å².